The normalized spacial score (nSPS) is 11.0. The van der Waals surface area contributed by atoms with Crippen LogP contribution in [0.1, 0.15) is 28.5 Å². The Morgan fingerprint density at radius 3 is 2.58 bits per heavy atom. The van der Waals surface area contributed by atoms with E-state index in [9.17, 15) is 4.79 Å². The van der Waals surface area contributed by atoms with Gasteiger partial charge in [-0.2, -0.15) is 0 Å². The molecule has 1 aromatic carbocycles. The smallest absolute Gasteiger partial charge is 0.270 e. The van der Waals surface area contributed by atoms with Gasteiger partial charge in [-0.05, 0) is 49.6 Å². The van der Waals surface area contributed by atoms with E-state index in [0.29, 0.717) is 6.54 Å². The number of nitrogens with zero attached hydrogens (tertiary/aromatic N) is 3. The fourth-order valence-corrected chi connectivity index (χ4v) is 3.21. The van der Waals surface area contributed by atoms with E-state index in [1.54, 1.807) is 12.4 Å². The molecule has 0 saturated carbocycles. The summed E-state index contributed by atoms with van der Waals surface area (Å²) in [6, 6.07) is 12.2. The summed E-state index contributed by atoms with van der Waals surface area (Å²) in [5, 5.41) is 1.16. The lowest BCUT2D eigenvalue weighted by Crippen LogP contribution is -2.31. The molecule has 3 aromatic rings. The Morgan fingerprint density at radius 1 is 1.17 bits per heavy atom. The second-order valence-electron chi connectivity index (χ2n) is 6.07. The van der Waals surface area contributed by atoms with Crippen molar-refractivity contribution in [3.63, 3.8) is 0 Å². The van der Waals surface area contributed by atoms with E-state index < -0.39 is 0 Å². The van der Waals surface area contributed by atoms with Gasteiger partial charge in [-0.3, -0.25) is 9.78 Å². The van der Waals surface area contributed by atoms with E-state index in [4.69, 9.17) is 0 Å². The van der Waals surface area contributed by atoms with Gasteiger partial charge in [0.2, 0.25) is 0 Å². The summed E-state index contributed by atoms with van der Waals surface area (Å²) in [5.74, 6) is 0.0830. The van der Waals surface area contributed by atoms with E-state index >= 15 is 0 Å². The summed E-state index contributed by atoms with van der Waals surface area (Å²) in [7, 11) is 1.88. The van der Waals surface area contributed by atoms with Gasteiger partial charge in [0.25, 0.3) is 5.91 Å². The summed E-state index contributed by atoms with van der Waals surface area (Å²) >= 11 is 0. The second-order valence-corrected chi connectivity index (χ2v) is 6.07. The van der Waals surface area contributed by atoms with Crippen LogP contribution in [0, 0.1) is 6.92 Å². The predicted octanol–water partition coefficient (Wildman–Crippen LogP) is 3.68. The van der Waals surface area contributed by atoms with E-state index in [1.807, 2.05) is 43.1 Å². The summed E-state index contributed by atoms with van der Waals surface area (Å²) < 4.78 is 2.12. The largest absolute Gasteiger partial charge is 0.340 e. The highest BCUT2D eigenvalue weighted by molar-refractivity contribution is 6.01. The number of amides is 1. The van der Waals surface area contributed by atoms with Gasteiger partial charge in [-0.1, -0.05) is 18.2 Å². The molecule has 0 saturated heterocycles. The van der Waals surface area contributed by atoms with Gasteiger partial charge in [0.05, 0.1) is 0 Å². The molecule has 124 valence electrons. The fourth-order valence-electron chi connectivity index (χ4n) is 3.21. The van der Waals surface area contributed by atoms with Crippen molar-refractivity contribution < 1.29 is 4.79 Å². The van der Waals surface area contributed by atoms with Crippen molar-refractivity contribution in [1.82, 2.24) is 14.5 Å². The standard InChI is InChI=1S/C20H23N3O/c1-4-23-18-8-6-5-7-17(18)15(2)19(23)20(24)22(3)14-11-16-9-12-21-13-10-16/h5-10,12-13H,4,11,14H2,1-3H3. The SMILES string of the molecule is CCn1c(C(=O)N(C)CCc2ccncc2)c(C)c2ccccc21. The zero-order chi connectivity index (χ0) is 17.1. The number of pyridine rings is 1. The Morgan fingerprint density at radius 2 is 1.88 bits per heavy atom. The lowest BCUT2D eigenvalue weighted by Gasteiger charge is -2.19. The molecule has 0 aliphatic heterocycles. The molecular formula is C20H23N3O. The number of aromatic nitrogens is 2. The molecular weight excluding hydrogens is 298 g/mol. The van der Waals surface area contributed by atoms with Crippen molar-refractivity contribution in [3.8, 4) is 0 Å². The number of likely N-dealkylation sites (N-methyl/N-ethyl adjacent to an activating group) is 1. The summed E-state index contributed by atoms with van der Waals surface area (Å²) in [6.07, 6.45) is 4.41. The zero-order valence-corrected chi connectivity index (χ0v) is 14.5. The molecule has 3 rings (SSSR count). The van der Waals surface area contributed by atoms with Gasteiger partial charge in [0.1, 0.15) is 5.69 Å². The Balaban J connectivity index is 1.86. The van der Waals surface area contributed by atoms with Crippen molar-refractivity contribution >= 4 is 16.8 Å². The molecule has 0 unspecified atom stereocenters. The maximum atomic E-state index is 13.0. The molecule has 1 amide bonds. The van der Waals surface area contributed by atoms with Crippen LogP contribution < -0.4 is 0 Å². The monoisotopic (exact) mass is 321 g/mol. The minimum atomic E-state index is 0.0830. The Hall–Kier alpha value is -2.62. The molecule has 0 N–H and O–H groups in total. The third-order valence-electron chi connectivity index (χ3n) is 4.57. The molecule has 0 radical (unpaired) electrons. The molecule has 4 nitrogen and oxygen atoms in total. The first-order valence-corrected chi connectivity index (χ1v) is 8.35. The highest BCUT2D eigenvalue weighted by Gasteiger charge is 2.21. The number of fused-ring (bicyclic) bond motifs is 1. The number of rotatable bonds is 5. The van der Waals surface area contributed by atoms with Crippen molar-refractivity contribution in [3.05, 3.63) is 65.6 Å². The van der Waals surface area contributed by atoms with Crippen LogP contribution in [0.5, 0.6) is 0 Å². The minimum absolute atomic E-state index is 0.0830. The van der Waals surface area contributed by atoms with Crippen molar-refractivity contribution in [2.45, 2.75) is 26.8 Å². The van der Waals surface area contributed by atoms with E-state index in [2.05, 4.69) is 28.6 Å². The van der Waals surface area contributed by atoms with Crippen molar-refractivity contribution in [2.24, 2.45) is 0 Å². The Labute approximate surface area is 142 Å². The van der Waals surface area contributed by atoms with Crippen LogP contribution in [-0.4, -0.2) is 34.0 Å². The lowest BCUT2D eigenvalue weighted by molar-refractivity contribution is 0.0786. The molecule has 0 fully saturated rings. The van der Waals surface area contributed by atoms with Crippen molar-refractivity contribution in [2.75, 3.05) is 13.6 Å². The average molecular weight is 321 g/mol. The first-order chi connectivity index (χ1) is 11.6. The number of para-hydroxylation sites is 1. The third kappa shape index (κ3) is 2.92. The highest BCUT2D eigenvalue weighted by Crippen LogP contribution is 2.26. The van der Waals surface area contributed by atoms with Crippen LogP contribution in [0.25, 0.3) is 10.9 Å². The van der Waals surface area contributed by atoms with Gasteiger partial charge in [0, 0.05) is 43.4 Å². The van der Waals surface area contributed by atoms with Crippen LogP contribution in [-0.2, 0) is 13.0 Å². The minimum Gasteiger partial charge on any atom is -0.340 e. The molecule has 2 aromatic heterocycles. The summed E-state index contributed by atoms with van der Waals surface area (Å²) in [6.45, 7) is 5.60. The molecule has 24 heavy (non-hydrogen) atoms. The first kappa shape index (κ1) is 16.2. The third-order valence-corrected chi connectivity index (χ3v) is 4.57. The van der Waals surface area contributed by atoms with Crippen molar-refractivity contribution in [1.29, 1.82) is 0 Å². The van der Waals surface area contributed by atoms with Gasteiger partial charge >= 0.3 is 0 Å². The number of carbonyl (C=O) groups is 1. The van der Waals surface area contributed by atoms with Crippen LogP contribution in [0.15, 0.2) is 48.8 Å². The topological polar surface area (TPSA) is 38.1 Å². The molecule has 0 spiro atoms. The summed E-state index contributed by atoms with van der Waals surface area (Å²) in [5.41, 5.74) is 4.19. The van der Waals surface area contributed by atoms with E-state index in [1.165, 1.54) is 5.56 Å². The van der Waals surface area contributed by atoms with E-state index in [-0.39, 0.29) is 5.91 Å². The lowest BCUT2D eigenvalue weighted by atomic mass is 10.1. The highest BCUT2D eigenvalue weighted by atomic mass is 16.2. The zero-order valence-electron chi connectivity index (χ0n) is 14.5. The number of benzene rings is 1. The van der Waals surface area contributed by atoms with Gasteiger partial charge in [0.15, 0.2) is 0 Å². The fraction of sp³-hybridized carbons (Fsp3) is 0.300. The summed E-state index contributed by atoms with van der Waals surface area (Å²) in [4.78, 5) is 18.9. The molecule has 0 aliphatic carbocycles. The maximum Gasteiger partial charge on any atom is 0.270 e. The molecule has 4 heteroatoms. The van der Waals surface area contributed by atoms with Crippen LogP contribution in [0.2, 0.25) is 0 Å². The van der Waals surface area contributed by atoms with Gasteiger partial charge in [-0.15, -0.1) is 0 Å². The number of aryl methyl sites for hydroxylation is 2. The van der Waals surface area contributed by atoms with Gasteiger partial charge in [-0.25, -0.2) is 0 Å². The quantitative estimate of drug-likeness (QED) is 0.719. The van der Waals surface area contributed by atoms with Crippen LogP contribution in [0.4, 0.5) is 0 Å². The Bertz CT molecular complexity index is 852. The van der Waals surface area contributed by atoms with Crippen LogP contribution >= 0.6 is 0 Å². The molecule has 0 atom stereocenters. The number of hydrogen-bond donors (Lipinski definition) is 0. The second kappa shape index (κ2) is 6.87. The molecule has 2 heterocycles. The Kier molecular flexibility index (Phi) is 4.65. The molecule has 0 aliphatic rings. The number of carbonyl (C=O) groups excluding carboxylic acids is 1. The molecule has 0 bridgehead atoms. The maximum absolute atomic E-state index is 13.0. The van der Waals surface area contributed by atoms with Gasteiger partial charge < -0.3 is 9.47 Å². The van der Waals surface area contributed by atoms with Crippen LogP contribution in [0.3, 0.4) is 0 Å². The average Bonchev–Trinajstić information content (AvgIpc) is 2.92. The number of hydrogen-bond acceptors (Lipinski definition) is 2. The van der Waals surface area contributed by atoms with E-state index in [0.717, 1.165) is 35.1 Å². The first-order valence-electron chi connectivity index (χ1n) is 8.35. The predicted molar refractivity (Wildman–Crippen MR) is 97.3 cm³/mol.